The minimum Gasteiger partial charge on any atom is -0.354 e. The van der Waals surface area contributed by atoms with Crippen LogP contribution in [0.1, 0.15) is 24.0 Å². The van der Waals surface area contributed by atoms with Crippen molar-refractivity contribution < 1.29 is 24.3 Å². The number of benzene rings is 2. The van der Waals surface area contributed by atoms with Crippen LogP contribution in [0.2, 0.25) is 0 Å². The number of amides is 2. The molecule has 9 heteroatoms. The largest absolute Gasteiger partial charge is 0.354 e. The van der Waals surface area contributed by atoms with E-state index in [9.17, 15) is 19.7 Å². The molecule has 2 aliphatic heterocycles. The van der Waals surface area contributed by atoms with Crippen molar-refractivity contribution in [2.45, 2.75) is 25.3 Å². The summed E-state index contributed by atoms with van der Waals surface area (Å²) in [6, 6.07) is 11.1. The molecule has 32 heavy (non-hydrogen) atoms. The first-order valence-electron chi connectivity index (χ1n) is 10.4. The molecule has 2 aliphatic rings. The Hall–Kier alpha value is -3.72. The fourth-order valence-corrected chi connectivity index (χ4v) is 4.03. The fraction of sp³-hybridized carbons (Fsp3) is 0.304. The van der Waals surface area contributed by atoms with Gasteiger partial charge in [0.05, 0.1) is 23.2 Å². The van der Waals surface area contributed by atoms with E-state index in [0.29, 0.717) is 55.0 Å². The van der Waals surface area contributed by atoms with Crippen LogP contribution in [0.4, 0.5) is 5.69 Å². The zero-order valence-electron chi connectivity index (χ0n) is 17.3. The highest BCUT2D eigenvalue weighted by Crippen LogP contribution is 2.37. The van der Waals surface area contributed by atoms with Crippen molar-refractivity contribution in [3.05, 3.63) is 63.7 Å². The second kappa shape index (κ2) is 9.61. The number of nitrogens with zero attached hydrogens (tertiary/aromatic N) is 2. The van der Waals surface area contributed by atoms with Crippen molar-refractivity contribution in [3.63, 3.8) is 0 Å². The molecular formula is C23H22N3O6. The molecule has 0 aliphatic carbocycles. The number of likely N-dealkylation sites (tertiary alicyclic amines) is 1. The van der Waals surface area contributed by atoms with E-state index >= 15 is 0 Å². The number of carbonyl (C=O) groups excluding carboxylic acids is 2. The molecule has 9 nitrogen and oxygen atoms in total. The van der Waals surface area contributed by atoms with Gasteiger partial charge in [-0.1, -0.05) is 12.1 Å². The SMILES string of the molecule is O=CNC1CCCN(C(=O)/C=C/c2cc[c]c([N+](=O)[O-])c2-c2ccc3c(c2)CCOO3)C1. The lowest BCUT2D eigenvalue weighted by molar-refractivity contribution is -0.384. The zero-order chi connectivity index (χ0) is 22.5. The maximum absolute atomic E-state index is 12.7. The number of rotatable bonds is 6. The highest BCUT2D eigenvalue weighted by molar-refractivity contribution is 5.94. The third-order valence-electron chi connectivity index (χ3n) is 5.59. The van der Waals surface area contributed by atoms with E-state index in [1.54, 1.807) is 29.2 Å². The summed E-state index contributed by atoms with van der Waals surface area (Å²) in [6.07, 6.45) is 5.90. The Morgan fingerprint density at radius 3 is 3.03 bits per heavy atom. The molecule has 2 heterocycles. The van der Waals surface area contributed by atoms with Crippen LogP contribution in [-0.2, 0) is 20.9 Å². The van der Waals surface area contributed by atoms with Gasteiger partial charge in [0.2, 0.25) is 12.3 Å². The summed E-state index contributed by atoms with van der Waals surface area (Å²) in [5.74, 6) is 0.373. The summed E-state index contributed by atoms with van der Waals surface area (Å²) in [6.45, 7) is 1.43. The molecule has 2 amide bonds. The van der Waals surface area contributed by atoms with Crippen LogP contribution < -0.4 is 10.2 Å². The average molecular weight is 436 g/mol. The Kier molecular flexibility index (Phi) is 6.46. The molecule has 1 radical (unpaired) electrons. The number of nitro groups is 1. The Morgan fingerprint density at radius 2 is 2.22 bits per heavy atom. The summed E-state index contributed by atoms with van der Waals surface area (Å²) >= 11 is 0. The summed E-state index contributed by atoms with van der Waals surface area (Å²) < 4.78 is 0. The third-order valence-corrected chi connectivity index (χ3v) is 5.59. The Morgan fingerprint density at radius 1 is 1.34 bits per heavy atom. The molecule has 165 valence electrons. The van der Waals surface area contributed by atoms with E-state index in [4.69, 9.17) is 9.78 Å². The minimum absolute atomic E-state index is 0.0664. The van der Waals surface area contributed by atoms with Gasteiger partial charge in [0, 0.05) is 37.2 Å². The zero-order valence-corrected chi connectivity index (χ0v) is 17.3. The van der Waals surface area contributed by atoms with Gasteiger partial charge in [-0.05, 0) is 48.2 Å². The van der Waals surface area contributed by atoms with Crippen LogP contribution in [0.25, 0.3) is 17.2 Å². The van der Waals surface area contributed by atoms with Crippen molar-refractivity contribution in [3.8, 4) is 16.9 Å². The van der Waals surface area contributed by atoms with Gasteiger partial charge in [-0.25, -0.2) is 0 Å². The summed E-state index contributed by atoms with van der Waals surface area (Å²) in [7, 11) is 0. The van der Waals surface area contributed by atoms with E-state index < -0.39 is 4.92 Å². The highest BCUT2D eigenvalue weighted by atomic mass is 17.2. The van der Waals surface area contributed by atoms with Crippen LogP contribution in [-0.4, -0.2) is 47.9 Å². The first-order chi connectivity index (χ1) is 15.6. The second-order valence-corrected chi connectivity index (χ2v) is 7.63. The maximum atomic E-state index is 12.7. The van der Waals surface area contributed by atoms with Crippen molar-refractivity contribution in [1.29, 1.82) is 0 Å². The molecule has 4 rings (SSSR count). The summed E-state index contributed by atoms with van der Waals surface area (Å²) in [4.78, 5) is 46.5. The van der Waals surface area contributed by atoms with E-state index in [2.05, 4.69) is 11.4 Å². The lowest BCUT2D eigenvalue weighted by atomic mass is 9.94. The van der Waals surface area contributed by atoms with E-state index in [1.165, 1.54) is 12.1 Å². The topological polar surface area (TPSA) is 111 Å². The molecule has 1 N–H and O–H groups in total. The maximum Gasteiger partial charge on any atom is 0.285 e. The van der Waals surface area contributed by atoms with Crippen LogP contribution in [0.5, 0.6) is 5.75 Å². The second-order valence-electron chi connectivity index (χ2n) is 7.63. The van der Waals surface area contributed by atoms with Crippen molar-refractivity contribution in [1.82, 2.24) is 10.2 Å². The Balaban J connectivity index is 1.65. The van der Waals surface area contributed by atoms with E-state index in [0.717, 1.165) is 18.4 Å². The van der Waals surface area contributed by atoms with Gasteiger partial charge in [-0.3, -0.25) is 19.7 Å². The molecule has 0 saturated carbocycles. The molecule has 2 aromatic carbocycles. The van der Waals surface area contributed by atoms with Crippen LogP contribution in [0.3, 0.4) is 0 Å². The standard InChI is InChI=1S/C23H22N3O6/c27-15-24-19-4-2-11-25(14-19)22(28)9-7-16-3-1-5-20(26(29)30)23(16)18-6-8-21-17(13-18)10-12-31-32-21/h1,3,6-9,13,15,19H,2,4,10-12,14H2,(H,24,27)/b9-7+. The van der Waals surface area contributed by atoms with Gasteiger partial charge in [0.15, 0.2) is 5.75 Å². The number of hydrogen-bond donors (Lipinski definition) is 1. The summed E-state index contributed by atoms with van der Waals surface area (Å²) in [5, 5.41) is 14.4. The van der Waals surface area contributed by atoms with Gasteiger partial charge >= 0.3 is 0 Å². The molecule has 1 saturated heterocycles. The lowest BCUT2D eigenvalue weighted by Gasteiger charge is -2.31. The molecular weight excluding hydrogens is 414 g/mol. The van der Waals surface area contributed by atoms with Gasteiger partial charge in [-0.15, -0.1) is 0 Å². The summed E-state index contributed by atoms with van der Waals surface area (Å²) in [5.41, 5.74) is 2.28. The van der Waals surface area contributed by atoms with Gasteiger partial charge < -0.3 is 15.1 Å². The number of carbonyl (C=O) groups is 2. The number of fused-ring (bicyclic) bond motifs is 1. The molecule has 1 atom stereocenters. The average Bonchev–Trinajstić information content (AvgIpc) is 2.82. The van der Waals surface area contributed by atoms with Gasteiger partial charge in [0.25, 0.3) is 5.69 Å². The van der Waals surface area contributed by atoms with Crippen molar-refractivity contribution in [2.24, 2.45) is 0 Å². The quantitative estimate of drug-likeness (QED) is 0.245. The number of nitro benzene ring substituents is 1. The highest BCUT2D eigenvalue weighted by Gasteiger charge is 2.23. The molecule has 0 bridgehead atoms. The molecule has 0 spiro atoms. The van der Waals surface area contributed by atoms with Crippen LogP contribution >= 0.6 is 0 Å². The van der Waals surface area contributed by atoms with E-state index in [-0.39, 0.29) is 17.6 Å². The lowest BCUT2D eigenvalue weighted by Crippen LogP contribution is -2.47. The number of piperidine rings is 1. The normalized spacial score (nSPS) is 18.0. The molecule has 1 unspecified atom stereocenters. The predicted molar refractivity (Wildman–Crippen MR) is 115 cm³/mol. The van der Waals surface area contributed by atoms with Crippen LogP contribution in [0, 0.1) is 16.2 Å². The van der Waals surface area contributed by atoms with Gasteiger partial charge in [-0.2, -0.15) is 4.89 Å². The monoisotopic (exact) mass is 436 g/mol. The Bertz CT molecular complexity index is 1070. The molecule has 2 aromatic rings. The first-order valence-corrected chi connectivity index (χ1v) is 10.4. The predicted octanol–water partition coefficient (Wildman–Crippen LogP) is 2.68. The van der Waals surface area contributed by atoms with E-state index in [1.807, 2.05) is 6.07 Å². The number of hydrogen-bond acceptors (Lipinski definition) is 6. The Labute approximate surface area is 184 Å². The van der Waals surface area contributed by atoms with Crippen molar-refractivity contribution in [2.75, 3.05) is 19.7 Å². The smallest absolute Gasteiger partial charge is 0.285 e. The minimum atomic E-state index is -0.478. The third kappa shape index (κ3) is 4.62. The number of nitrogens with one attached hydrogen (secondary N) is 1. The molecule has 0 aromatic heterocycles. The van der Waals surface area contributed by atoms with Crippen molar-refractivity contribution >= 4 is 24.1 Å². The fourth-order valence-electron chi connectivity index (χ4n) is 4.03. The van der Waals surface area contributed by atoms with Gasteiger partial charge in [0.1, 0.15) is 0 Å². The first kappa shape index (κ1) is 21.5. The molecule has 1 fully saturated rings. The van der Waals surface area contributed by atoms with Crippen LogP contribution in [0.15, 0.2) is 36.4 Å².